The van der Waals surface area contributed by atoms with Gasteiger partial charge in [0.15, 0.2) is 0 Å². The van der Waals surface area contributed by atoms with E-state index in [1.54, 1.807) is 0 Å². The number of hydrogen-bond acceptors (Lipinski definition) is 1. The molecule has 0 aliphatic carbocycles. The van der Waals surface area contributed by atoms with Crippen molar-refractivity contribution in [3.8, 4) is 0 Å². The number of hydrogen-bond donors (Lipinski definition) is 0. The van der Waals surface area contributed by atoms with Crippen LogP contribution in [0.1, 0.15) is 42.0 Å². The van der Waals surface area contributed by atoms with Crippen molar-refractivity contribution in [1.29, 1.82) is 0 Å². The zero-order chi connectivity index (χ0) is 13.7. The molecule has 0 aliphatic rings. The van der Waals surface area contributed by atoms with E-state index < -0.39 is 0 Å². The second-order valence-corrected chi connectivity index (χ2v) is 4.80. The van der Waals surface area contributed by atoms with E-state index in [9.17, 15) is 4.79 Å². The van der Waals surface area contributed by atoms with Crippen LogP contribution in [0.3, 0.4) is 0 Å². The average molecular weight is 252 g/mol. The van der Waals surface area contributed by atoms with Crippen LogP contribution < -0.4 is 0 Å². The van der Waals surface area contributed by atoms with E-state index in [1.165, 1.54) is 11.1 Å². The molecular formula is C18H20O. The minimum atomic E-state index is -0.156. The smallest absolute Gasteiger partial charge is 0.131 e. The number of aryl methyl sites for hydroxylation is 2. The predicted molar refractivity (Wildman–Crippen MR) is 79.5 cm³/mol. The Morgan fingerprint density at radius 3 is 1.42 bits per heavy atom. The lowest BCUT2D eigenvalue weighted by atomic mass is 9.91. The van der Waals surface area contributed by atoms with E-state index in [2.05, 4.69) is 62.4 Å². The average Bonchev–Trinajstić information content (AvgIpc) is 2.49. The highest BCUT2D eigenvalue weighted by Crippen LogP contribution is 2.23. The summed E-state index contributed by atoms with van der Waals surface area (Å²) in [7, 11) is 0. The maximum Gasteiger partial charge on any atom is 0.131 e. The molecule has 0 spiro atoms. The van der Waals surface area contributed by atoms with Gasteiger partial charge in [-0.15, -0.1) is 0 Å². The quantitative estimate of drug-likeness (QED) is 0.731. The van der Waals surface area contributed by atoms with Gasteiger partial charge in [0.05, 0.1) is 5.92 Å². The Morgan fingerprint density at radius 1 is 0.789 bits per heavy atom. The Bertz CT molecular complexity index is 475. The summed E-state index contributed by atoms with van der Waals surface area (Å²) in [4.78, 5) is 11.4. The van der Waals surface area contributed by atoms with E-state index >= 15 is 0 Å². The Labute approximate surface area is 115 Å². The number of carbonyl (C=O) groups is 1. The van der Waals surface area contributed by atoms with Crippen molar-refractivity contribution < 1.29 is 4.79 Å². The van der Waals surface area contributed by atoms with Gasteiger partial charge in [0.2, 0.25) is 0 Å². The standard InChI is InChI=1S/C18H20O/c1-3-14-5-9-16(10-6-14)18(13-19)17-11-7-15(4-2)8-12-17/h5-13,18H,3-4H2,1-2H3. The molecule has 0 saturated heterocycles. The molecule has 0 aromatic heterocycles. The van der Waals surface area contributed by atoms with E-state index in [0.29, 0.717) is 0 Å². The summed E-state index contributed by atoms with van der Waals surface area (Å²) in [6.07, 6.45) is 3.08. The lowest BCUT2D eigenvalue weighted by molar-refractivity contribution is -0.108. The Kier molecular flexibility index (Phi) is 4.51. The molecule has 19 heavy (non-hydrogen) atoms. The van der Waals surface area contributed by atoms with Gasteiger partial charge in [-0.2, -0.15) is 0 Å². The molecular weight excluding hydrogens is 232 g/mol. The third kappa shape index (κ3) is 3.11. The molecule has 2 aromatic carbocycles. The Hall–Kier alpha value is -1.89. The van der Waals surface area contributed by atoms with Crippen LogP contribution in [0.2, 0.25) is 0 Å². The molecule has 0 amide bonds. The summed E-state index contributed by atoms with van der Waals surface area (Å²) in [6, 6.07) is 16.7. The molecule has 1 nitrogen and oxygen atoms in total. The second-order valence-electron chi connectivity index (χ2n) is 4.80. The fraction of sp³-hybridized carbons (Fsp3) is 0.278. The first-order valence-corrected chi connectivity index (χ1v) is 6.91. The van der Waals surface area contributed by atoms with Gasteiger partial charge in [-0.05, 0) is 35.1 Å². The van der Waals surface area contributed by atoms with Gasteiger partial charge in [-0.3, -0.25) is 0 Å². The summed E-state index contributed by atoms with van der Waals surface area (Å²) >= 11 is 0. The molecule has 0 radical (unpaired) electrons. The predicted octanol–water partition coefficient (Wildman–Crippen LogP) is 4.14. The number of carbonyl (C=O) groups excluding carboxylic acids is 1. The first-order chi connectivity index (χ1) is 9.28. The third-order valence-electron chi connectivity index (χ3n) is 3.63. The lowest BCUT2D eigenvalue weighted by Gasteiger charge is -2.12. The first kappa shape index (κ1) is 13.5. The molecule has 0 fully saturated rings. The topological polar surface area (TPSA) is 17.1 Å². The van der Waals surface area contributed by atoms with Crippen molar-refractivity contribution in [2.75, 3.05) is 0 Å². The molecule has 0 saturated carbocycles. The van der Waals surface area contributed by atoms with Crippen molar-refractivity contribution in [3.63, 3.8) is 0 Å². The molecule has 98 valence electrons. The molecule has 0 unspecified atom stereocenters. The van der Waals surface area contributed by atoms with Gasteiger partial charge < -0.3 is 4.79 Å². The molecule has 1 heteroatoms. The minimum absolute atomic E-state index is 0.156. The van der Waals surface area contributed by atoms with E-state index in [4.69, 9.17) is 0 Å². The van der Waals surface area contributed by atoms with Gasteiger partial charge in [-0.25, -0.2) is 0 Å². The normalized spacial score (nSPS) is 10.7. The van der Waals surface area contributed by atoms with Crippen LogP contribution in [-0.2, 0) is 17.6 Å². The SMILES string of the molecule is CCc1ccc(C(C=O)c2ccc(CC)cc2)cc1. The third-order valence-corrected chi connectivity index (χ3v) is 3.63. The summed E-state index contributed by atoms with van der Waals surface area (Å²) in [5, 5.41) is 0. The van der Waals surface area contributed by atoms with Crippen LogP contribution >= 0.6 is 0 Å². The number of rotatable bonds is 5. The van der Waals surface area contributed by atoms with Gasteiger partial charge in [0.25, 0.3) is 0 Å². The molecule has 2 rings (SSSR count). The summed E-state index contributed by atoms with van der Waals surface area (Å²) < 4.78 is 0. The molecule has 2 aromatic rings. The molecule has 0 atom stereocenters. The molecule has 0 aliphatic heterocycles. The van der Waals surface area contributed by atoms with Gasteiger partial charge in [0, 0.05) is 0 Å². The highest BCUT2D eigenvalue weighted by molar-refractivity contribution is 5.68. The maximum absolute atomic E-state index is 11.4. The zero-order valence-electron chi connectivity index (χ0n) is 11.6. The van der Waals surface area contributed by atoms with Crippen LogP contribution in [0.5, 0.6) is 0 Å². The number of aldehydes is 1. The van der Waals surface area contributed by atoms with Crippen molar-refractivity contribution in [2.24, 2.45) is 0 Å². The fourth-order valence-corrected chi connectivity index (χ4v) is 2.27. The first-order valence-electron chi connectivity index (χ1n) is 6.91. The minimum Gasteiger partial charge on any atom is -0.302 e. The van der Waals surface area contributed by atoms with Crippen LogP contribution in [0.15, 0.2) is 48.5 Å². The Morgan fingerprint density at radius 2 is 1.16 bits per heavy atom. The second kappa shape index (κ2) is 6.33. The van der Waals surface area contributed by atoms with Crippen molar-refractivity contribution in [2.45, 2.75) is 32.6 Å². The Balaban J connectivity index is 2.29. The summed E-state index contributed by atoms with van der Waals surface area (Å²) in [5.74, 6) is -0.156. The highest BCUT2D eigenvalue weighted by atomic mass is 16.1. The van der Waals surface area contributed by atoms with Crippen molar-refractivity contribution >= 4 is 6.29 Å². The summed E-state index contributed by atoms with van der Waals surface area (Å²) in [6.45, 7) is 4.27. The van der Waals surface area contributed by atoms with Crippen LogP contribution in [-0.4, -0.2) is 6.29 Å². The van der Waals surface area contributed by atoms with E-state index in [1.807, 2.05) is 0 Å². The van der Waals surface area contributed by atoms with Gasteiger partial charge in [0.1, 0.15) is 6.29 Å². The highest BCUT2D eigenvalue weighted by Gasteiger charge is 2.12. The molecule has 0 bridgehead atoms. The van der Waals surface area contributed by atoms with Crippen LogP contribution in [0, 0.1) is 0 Å². The van der Waals surface area contributed by atoms with Crippen LogP contribution in [0.4, 0.5) is 0 Å². The maximum atomic E-state index is 11.4. The van der Waals surface area contributed by atoms with Crippen molar-refractivity contribution in [1.82, 2.24) is 0 Å². The van der Waals surface area contributed by atoms with Gasteiger partial charge >= 0.3 is 0 Å². The monoisotopic (exact) mass is 252 g/mol. The zero-order valence-corrected chi connectivity index (χ0v) is 11.6. The number of benzene rings is 2. The fourth-order valence-electron chi connectivity index (χ4n) is 2.27. The van der Waals surface area contributed by atoms with Crippen molar-refractivity contribution in [3.05, 3.63) is 70.8 Å². The molecule has 0 N–H and O–H groups in total. The van der Waals surface area contributed by atoms with E-state index in [0.717, 1.165) is 30.3 Å². The largest absolute Gasteiger partial charge is 0.302 e. The van der Waals surface area contributed by atoms with Crippen LogP contribution in [0.25, 0.3) is 0 Å². The molecule has 0 heterocycles. The lowest BCUT2D eigenvalue weighted by Crippen LogP contribution is -2.02. The summed E-state index contributed by atoms with van der Waals surface area (Å²) in [5.41, 5.74) is 4.73. The van der Waals surface area contributed by atoms with E-state index in [-0.39, 0.29) is 5.92 Å². The van der Waals surface area contributed by atoms with Gasteiger partial charge in [-0.1, -0.05) is 62.4 Å².